The molecule has 1 aromatic rings. The smallest absolute Gasteiger partial charge is 0.163 e. The van der Waals surface area contributed by atoms with Crippen molar-refractivity contribution in [1.29, 1.82) is 5.26 Å². The lowest BCUT2D eigenvalue weighted by Crippen LogP contribution is -2.31. The summed E-state index contributed by atoms with van der Waals surface area (Å²) in [5.41, 5.74) is 1.66. The highest BCUT2D eigenvalue weighted by Crippen LogP contribution is 2.39. The molecule has 0 radical (unpaired) electrons. The van der Waals surface area contributed by atoms with Crippen molar-refractivity contribution in [3.8, 4) is 6.07 Å². The number of nitrogens with one attached hydrogen (secondary N) is 1. The van der Waals surface area contributed by atoms with E-state index >= 15 is 0 Å². The van der Waals surface area contributed by atoms with Gasteiger partial charge in [-0.3, -0.25) is 0 Å². The molecule has 1 saturated carbocycles. The topological polar surface area (TPSA) is 48.7 Å². The largest absolute Gasteiger partial charge is 0.379 e. The van der Waals surface area contributed by atoms with E-state index in [1.807, 2.05) is 12.1 Å². The average molecular weight is 215 g/mol. The number of anilines is 1. The summed E-state index contributed by atoms with van der Waals surface area (Å²) in [6.45, 7) is 4.56. The minimum atomic E-state index is 0.308. The molecule has 16 heavy (non-hydrogen) atoms. The molecule has 0 spiro atoms. The predicted octanol–water partition coefficient (Wildman–Crippen LogP) is 2.94. The van der Waals surface area contributed by atoms with Crippen LogP contribution in [0, 0.1) is 16.7 Å². The van der Waals surface area contributed by atoms with Crippen LogP contribution in [0.4, 0.5) is 5.69 Å². The van der Waals surface area contributed by atoms with E-state index in [4.69, 9.17) is 5.26 Å². The van der Waals surface area contributed by atoms with Crippen LogP contribution in [0.25, 0.3) is 0 Å². The Labute approximate surface area is 96.5 Å². The number of rotatable bonds is 2. The highest BCUT2D eigenvalue weighted by molar-refractivity contribution is 5.54. The fraction of sp³-hybridized carbons (Fsp3) is 0.538. The summed E-state index contributed by atoms with van der Waals surface area (Å²) < 4.78 is 0. The van der Waals surface area contributed by atoms with Gasteiger partial charge in [-0.1, -0.05) is 20.3 Å². The summed E-state index contributed by atoms with van der Waals surface area (Å²) in [4.78, 5) is 4.06. The molecule has 1 unspecified atom stereocenters. The van der Waals surface area contributed by atoms with Crippen molar-refractivity contribution in [2.24, 2.45) is 5.41 Å². The number of hydrogen-bond acceptors (Lipinski definition) is 3. The van der Waals surface area contributed by atoms with Gasteiger partial charge in [0.05, 0.1) is 5.69 Å². The number of aromatic nitrogens is 1. The Kier molecular flexibility index (Phi) is 2.82. The molecule has 1 aromatic heterocycles. The lowest BCUT2D eigenvalue weighted by Gasteiger charge is -2.28. The molecule has 1 aliphatic carbocycles. The van der Waals surface area contributed by atoms with Crippen molar-refractivity contribution in [3.63, 3.8) is 0 Å². The van der Waals surface area contributed by atoms with Crippen LogP contribution in [-0.4, -0.2) is 11.0 Å². The molecule has 0 aromatic carbocycles. The summed E-state index contributed by atoms with van der Waals surface area (Å²) >= 11 is 0. The van der Waals surface area contributed by atoms with Crippen LogP contribution in [0.3, 0.4) is 0 Å². The zero-order valence-corrected chi connectivity index (χ0v) is 9.83. The summed E-state index contributed by atoms with van der Waals surface area (Å²) in [6, 6.07) is 6.37. The van der Waals surface area contributed by atoms with Crippen LogP contribution in [0.1, 0.15) is 38.8 Å². The van der Waals surface area contributed by atoms with Gasteiger partial charge < -0.3 is 5.32 Å². The van der Waals surface area contributed by atoms with Crippen LogP contribution < -0.4 is 5.32 Å². The first-order valence-corrected chi connectivity index (χ1v) is 5.75. The Bertz CT molecular complexity index is 417. The molecule has 2 rings (SSSR count). The molecule has 0 bridgehead atoms. The minimum absolute atomic E-state index is 0.308. The van der Waals surface area contributed by atoms with E-state index in [-0.39, 0.29) is 0 Å². The molecular formula is C13H17N3. The lowest BCUT2D eigenvalue weighted by atomic mass is 9.87. The van der Waals surface area contributed by atoms with Gasteiger partial charge in [-0.05, 0) is 30.4 Å². The predicted molar refractivity (Wildman–Crippen MR) is 64.0 cm³/mol. The summed E-state index contributed by atoms with van der Waals surface area (Å²) in [5.74, 6) is 0. The molecule has 3 heteroatoms. The normalized spacial score (nSPS) is 22.7. The Balaban J connectivity index is 2.18. The number of nitrogens with zero attached hydrogens (tertiary/aromatic N) is 2. The average Bonchev–Trinajstić information content (AvgIpc) is 2.59. The van der Waals surface area contributed by atoms with E-state index in [0.29, 0.717) is 17.2 Å². The molecule has 0 amide bonds. The maximum Gasteiger partial charge on any atom is 0.163 e. The number of hydrogen-bond donors (Lipinski definition) is 1. The van der Waals surface area contributed by atoms with E-state index in [1.165, 1.54) is 19.3 Å². The van der Waals surface area contributed by atoms with Crippen LogP contribution >= 0.6 is 0 Å². The SMILES string of the molecule is CC1(C)CCCC1Nc1cccnc1C#N. The van der Waals surface area contributed by atoms with Gasteiger partial charge in [0.25, 0.3) is 0 Å². The highest BCUT2D eigenvalue weighted by atomic mass is 15.0. The van der Waals surface area contributed by atoms with Crippen LogP contribution in [-0.2, 0) is 0 Å². The second-order valence-electron chi connectivity index (χ2n) is 5.09. The molecule has 84 valence electrons. The quantitative estimate of drug-likeness (QED) is 0.825. The fourth-order valence-corrected chi connectivity index (χ4v) is 2.39. The van der Waals surface area contributed by atoms with Crippen LogP contribution in [0.15, 0.2) is 18.3 Å². The Morgan fingerprint density at radius 1 is 1.56 bits per heavy atom. The van der Waals surface area contributed by atoms with Crippen molar-refractivity contribution in [3.05, 3.63) is 24.0 Å². The maximum atomic E-state index is 8.97. The van der Waals surface area contributed by atoms with Crippen LogP contribution in [0.5, 0.6) is 0 Å². The molecular weight excluding hydrogens is 198 g/mol. The van der Waals surface area contributed by atoms with Crippen molar-refractivity contribution in [1.82, 2.24) is 4.98 Å². The van der Waals surface area contributed by atoms with E-state index in [0.717, 1.165) is 5.69 Å². The Hall–Kier alpha value is -1.56. The second-order valence-corrected chi connectivity index (χ2v) is 5.09. The monoisotopic (exact) mass is 215 g/mol. The van der Waals surface area contributed by atoms with Crippen LogP contribution in [0.2, 0.25) is 0 Å². The van der Waals surface area contributed by atoms with Gasteiger partial charge >= 0.3 is 0 Å². The molecule has 0 saturated heterocycles. The molecule has 1 N–H and O–H groups in total. The maximum absolute atomic E-state index is 8.97. The van der Waals surface area contributed by atoms with E-state index in [1.54, 1.807) is 6.20 Å². The van der Waals surface area contributed by atoms with Gasteiger partial charge in [0.2, 0.25) is 0 Å². The first-order valence-electron chi connectivity index (χ1n) is 5.75. The van der Waals surface area contributed by atoms with Gasteiger partial charge in [0, 0.05) is 12.2 Å². The van der Waals surface area contributed by atoms with E-state index < -0.39 is 0 Å². The van der Waals surface area contributed by atoms with Crippen molar-refractivity contribution < 1.29 is 0 Å². The zero-order chi connectivity index (χ0) is 11.6. The van der Waals surface area contributed by atoms with Crippen molar-refractivity contribution in [2.75, 3.05) is 5.32 Å². The second kappa shape index (κ2) is 4.13. The van der Waals surface area contributed by atoms with E-state index in [9.17, 15) is 0 Å². The Morgan fingerprint density at radius 3 is 3.00 bits per heavy atom. The van der Waals surface area contributed by atoms with Gasteiger partial charge in [-0.25, -0.2) is 4.98 Å². The number of nitriles is 1. The molecule has 3 nitrogen and oxygen atoms in total. The molecule has 0 aliphatic heterocycles. The molecule has 1 atom stereocenters. The van der Waals surface area contributed by atoms with Crippen molar-refractivity contribution >= 4 is 5.69 Å². The standard InChI is InChI=1S/C13H17N3/c1-13(2)7-3-6-12(13)16-10-5-4-8-15-11(10)9-14/h4-5,8,12,16H,3,6-7H2,1-2H3. The third kappa shape index (κ3) is 2.01. The third-order valence-corrected chi connectivity index (χ3v) is 3.50. The summed E-state index contributed by atoms with van der Waals surface area (Å²) in [5, 5.41) is 12.4. The molecule has 1 aliphatic rings. The highest BCUT2D eigenvalue weighted by Gasteiger charge is 2.34. The first-order chi connectivity index (χ1) is 7.63. The van der Waals surface area contributed by atoms with Crippen molar-refractivity contribution in [2.45, 2.75) is 39.2 Å². The lowest BCUT2D eigenvalue weighted by molar-refractivity contribution is 0.350. The van der Waals surface area contributed by atoms with Gasteiger partial charge in [0.1, 0.15) is 6.07 Å². The summed E-state index contributed by atoms with van der Waals surface area (Å²) in [7, 11) is 0. The first kappa shape index (κ1) is 10.9. The third-order valence-electron chi connectivity index (χ3n) is 3.50. The van der Waals surface area contributed by atoms with Gasteiger partial charge in [0.15, 0.2) is 5.69 Å². The summed E-state index contributed by atoms with van der Waals surface area (Å²) in [6.07, 6.45) is 5.33. The van der Waals surface area contributed by atoms with Gasteiger partial charge in [-0.15, -0.1) is 0 Å². The molecule has 1 fully saturated rings. The van der Waals surface area contributed by atoms with E-state index in [2.05, 4.69) is 30.2 Å². The zero-order valence-electron chi connectivity index (χ0n) is 9.83. The number of pyridine rings is 1. The molecule has 1 heterocycles. The minimum Gasteiger partial charge on any atom is -0.379 e. The fourth-order valence-electron chi connectivity index (χ4n) is 2.39. The Morgan fingerprint density at radius 2 is 2.38 bits per heavy atom. The van der Waals surface area contributed by atoms with Gasteiger partial charge in [-0.2, -0.15) is 5.26 Å².